The Morgan fingerprint density at radius 2 is 1.90 bits per heavy atom. The Bertz CT molecular complexity index is 892. The van der Waals surface area contributed by atoms with Gasteiger partial charge in [-0.25, -0.2) is 9.37 Å². The van der Waals surface area contributed by atoms with E-state index in [4.69, 9.17) is 23.2 Å². The molecule has 3 nitrogen and oxygen atoms in total. The Kier molecular flexibility index (Phi) is 3.66. The molecular weight excluding hydrogens is 314 g/mol. The minimum absolute atomic E-state index is 0.00271. The quantitative estimate of drug-likeness (QED) is 0.710. The molecular formula is C15H9Cl2FN2O. The van der Waals surface area contributed by atoms with E-state index in [-0.39, 0.29) is 16.4 Å². The summed E-state index contributed by atoms with van der Waals surface area (Å²) in [5, 5.41) is 1.10. The summed E-state index contributed by atoms with van der Waals surface area (Å²) in [5.74, 6) is 0.00271. The van der Waals surface area contributed by atoms with Crippen LogP contribution in [0, 0.1) is 0 Å². The first-order chi connectivity index (χ1) is 10.1. The lowest BCUT2D eigenvalue weighted by Gasteiger charge is -2.13. The van der Waals surface area contributed by atoms with Gasteiger partial charge in [-0.05, 0) is 30.3 Å². The highest BCUT2D eigenvalue weighted by molar-refractivity contribution is 6.35. The third-order valence-electron chi connectivity index (χ3n) is 3.12. The van der Waals surface area contributed by atoms with Crippen molar-refractivity contribution in [2.45, 2.75) is 6.67 Å². The van der Waals surface area contributed by atoms with E-state index in [0.29, 0.717) is 21.6 Å². The molecule has 0 aliphatic rings. The van der Waals surface area contributed by atoms with Crippen molar-refractivity contribution in [3.8, 4) is 5.69 Å². The van der Waals surface area contributed by atoms with E-state index >= 15 is 0 Å². The molecule has 0 bridgehead atoms. The van der Waals surface area contributed by atoms with Crippen molar-refractivity contribution in [3.05, 3.63) is 68.7 Å². The Labute approximate surface area is 129 Å². The molecule has 0 atom stereocenters. The van der Waals surface area contributed by atoms with Crippen LogP contribution in [0.4, 0.5) is 4.39 Å². The van der Waals surface area contributed by atoms with E-state index in [9.17, 15) is 9.18 Å². The van der Waals surface area contributed by atoms with Crippen LogP contribution >= 0.6 is 23.2 Å². The second-order valence-corrected chi connectivity index (χ2v) is 5.26. The van der Waals surface area contributed by atoms with Gasteiger partial charge < -0.3 is 0 Å². The van der Waals surface area contributed by atoms with Crippen LogP contribution in [0.3, 0.4) is 0 Å². The molecule has 2 aromatic carbocycles. The van der Waals surface area contributed by atoms with Crippen LogP contribution in [0.25, 0.3) is 16.6 Å². The van der Waals surface area contributed by atoms with Gasteiger partial charge in [-0.3, -0.25) is 9.36 Å². The topological polar surface area (TPSA) is 34.9 Å². The van der Waals surface area contributed by atoms with Gasteiger partial charge in [0.2, 0.25) is 0 Å². The molecule has 1 heterocycles. The fourth-order valence-corrected chi connectivity index (χ4v) is 2.67. The summed E-state index contributed by atoms with van der Waals surface area (Å²) in [6.45, 7) is -0.876. The van der Waals surface area contributed by atoms with Crippen molar-refractivity contribution >= 4 is 34.1 Å². The smallest absolute Gasteiger partial charge is 0.266 e. The van der Waals surface area contributed by atoms with Crippen LogP contribution in [0.1, 0.15) is 5.82 Å². The first kappa shape index (κ1) is 14.0. The summed E-state index contributed by atoms with van der Waals surface area (Å²) < 4.78 is 14.5. The number of hydrogen-bond acceptors (Lipinski definition) is 2. The maximum Gasteiger partial charge on any atom is 0.266 e. The third kappa shape index (κ3) is 2.41. The Morgan fingerprint density at radius 3 is 2.62 bits per heavy atom. The number of benzene rings is 2. The average molecular weight is 323 g/mol. The molecule has 0 aliphatic carbocycles. The van der Waals surface area contributed by atoms with E-state index in [1.807, 2.05) is 0 Å². The van der Waals surface area contributed by atoms with Gasteiger partial charge >= 0.3 is 0 Å². The molecule has 106 valence electrons. The normalized spacial score (nSPS) is 11.0. The van der Waals surface area contributed by atoms with Crippen molar-refractivity contribution in [1.82, 2.24) is 9.55 Å². The molecule has 3 rings (SSSR count). The van der Waals surface area contributed by atoms with Gasteiger partial charge in [-0.1, -0.05) is 35.3 Å². The van der Waals surface area contributed by atoms with Gasteiger partial charge in [0, 0.05) is 5.02 Å². The minimum Gasteiger partial charge on any atom is -0.268 e. The summed E-state index contributed by atoms with van der Waals surface area (Å²) in [4.78, 5) is 16.8. The molecule has 6 heteroatoms. The van der Waals surface area contributed by atoms with Crippen molar-refractivity contribution in [3.63, 3.8) is 0 Å². The summed E-state index contributed by atoms with van der Waals surface area (Å²) >= 11 is 12.0. The van der Waals surface area contributed by atoms with Gasteiger partial charge in [-0.2, -0.15) is 0 Å². The number of hydrogen-bond donors (Lipinski definition) is 0. The maximum atomic E-state index is 13.3. The van der Waals surface area contributed by atoms with Crippen LogP contribution in [-0.4, -0.2) is 9.55 Å². The van der Waals surface area contributed by atoms with Gasteiger partial charge in [0.1, 0.15) is 12.5 Å². The number of aromatic nitrogens is 2. The van der Waals surface area contributed by atoms with Crippen molar-refractivity contribution in [2.24, 2.45) is 0 Å². The van der Waals surface area contributed by atoms with Gasteiger partial charge in [-0.15, -0.1) is 0 Å². The van der Waals surface area contributed by atoms with Crippen molar-refractivity contribution in [2.75, 3.05) is 0 Å². The summed E-state index contributed by atoms with van der Waals surface area (Å²) in [6, 6.07) is 11.5. The second-order valence-electron chi connectivity index (χ2n) is 4.42. The largest absolute Gasteiger partial charge is 0.268 e. The molecule has 0 amide bonds. The zero-order valence-electron chi connectivity index (χ0n) is 10.7. The lowest BCUT2D eigenvalue weighted by atomic mass is 10.2. The highest BCUT2D eigenvalue weighted by Gasteiger charge is 2.14. The zero-order chi connectivity index (χ0) is 15.0. The minimum atomic E-state index is -0.876. The molecule has 0 saturated heterocycles. The number of alkyl halides is 1. The number of fused-ring (bicyclic) bond motifs is 1. The zero-order valence-corrected chi connectivity index (χ0v) is 12.2. The van der Waals surface area contributed by atoms with Crippen LogP contribution in [0.15, 0.2) is 47.3 Å². The highest BCUT2D eigenvalue weighted by atomic mass is 35.5. The lowest BCUT2D eigenvalue weighted by Crippen LogP contribution is -2.23. The van der Waals surface area contributed by atoms with Crippen LogP contribution in [0.5, 0.6) is 0 Å². The highest BCUT2D eigenvalue weighted by Crippen LogP contribution is 2.25. The molecule has 0 aliphatic heterocycles. The van der Waals surface area contributed by atoms with E-state index in [0.717, 1.165) is 0 Å². The van der Waals surface area contributed by atoms with Gasteiger partial charge in [0.25, 0.3) is 5.56 Å². The second kappa shape index (κ2) is 5.47. The van der Waals surface area contributed by atoms with Crippen LogP contribution < -0.4 is 5.56 Å². The number of halogens is 3. The van der Waals surface area contributed by atoms with E-state index in [2.05, 4.69) is 4.98 Å². The molecule has 1 aromatic heterocycles. The molecule has 0 unspecified atom stereocenters. The van der Waals surface area contributed by atoms with Gasteiger partial charge in [0.15, 0.2) is 0 Å². The predicted octanol–water partition coefficient (Wildman–Crippen LogP) is 4.16. The van der Waals surface area contributed by atoms with E-state index in [1.165, 1.54) is 10.6 Å². The predicted molar refractivity (Wildman–Crippen MR) is 82.2 cm³/mol. The number of rotatable bonds is 2. The molecule has 3 aromatic rings. The van der Waals surface area contributed by atoms with E-state index in [1.54, 1.807) is 36.4 Å². The Hall–Kier alpha value is -1.91. The third-order valence-corrected chi connectivity index (χ3v) is 3.65. The summed E-state index contributed by atoms with van der Waals surface area (Å²) in [6.07, 6.45) is 0. The van der Waals surface area contributed by atoms with Crippen molar-refractivity contribution < 1.29 is 4.39 Å². The monoisotopic (exact) mass is 322 g/mol. The maximum absolute atomic E-state index is 13.3. The fourth-order valence-electron chi connectivity index (χ4n) is 2.18. The van der Waals surface area contributed by atoms with Crippen LogP contribution in [-0.2, 0) is 6.67 Å². The fraction of sp³-hybridized carbons (Fsp3) is 0.0667. The Morgan fingerprint density at radius 1 is 1.14 bits per heavy atom. The average Bonchev–Trinajstić information content (AvgIpc) is 2.48. The lowest BCUT2D eigenvalue weighted by molar-refractivity contribution is 0.457. The summed E-state index contributed by atoms with van der Waals surface area (Å²) in [7, 11) is 0. The molecule has 0 saturated carbocycles. The molecule has 0 spiro atoms. The van der Waals surface area contributed by atoms with Crippen LogP contribution in [0.2, 0.25) is 10.0 Å². The summed E-state index contributed by atoms with van der Waals surface area (Å²) in [5.41, 5.74) is 0.450. The SMILES string of the molecule is O=c1c2ccccc2nc(CF)n1-c1ccc(Cl)cc1Cl. The Balaban J connectivity index is 2.41. The first-order valence-electron chi connectivity index (χ1n) is 6.14. The standard InChI is InChI=1S/C15H9Cl2FN2O/c16-9-5-6-13(11(17)7-9)20-14(8-18)19-12-4-2-1-3-10(12)15(20)21/h1-7H,8H2. The van der Waals surface area contributed by atoms with E-state index < -0.39 is 6.67 Å². The number of para-hydroxylation sites is 1. The molecule has 0 radical (unpaired) electrons. The molecule has 0 fully saturated rings. The van der Waals surface area contributed by atoms with Crippen molar-refractivity contribution in [1.29, 1.82) is 0 Å². The molecule has 0 N–H and O–H groups in total. The first-order valence-corrected chi connectivity index (χ1v) is 6.89. The number of nitrogens with zero attached hydrogens (tertiary/aromatic N) is 2. The molecule has 21 heavy (non-hydrogen) atoms. The van der Waals surface area contributed by atoms with Gasteiger partial charge in [0.05, 0.1) is 21.6 Å².